The highest BCUT2D eigenvalue weighted by Gasteiger charge is 2.17. The highest BCUT2D eigenvalue weighted by atomic mass is 32.1. The van der Waals surface area contributed by atoms with E-state index in [9.17, 15) is 15.0 Å². The first-order valence-electron chi connectivity index (χ1n) is 8.68. The average molecular weight is 392 g/mol. The minimum Gasteiger partial charge on any atom is -0.494 e. The number of hydrogen-bond acceptors (Lipinski definition) is 5. The molecule has 27 heavy (non-hydrogen) atoms. The number of ether oxygens (including phenoxy) is 1. The third kappa shape index (κ3) is 5.01. The van der Waals surface area contributed by atoms with Gasteiger partial charge in [-0.05, 0) is 43.8 Å². The van der Waals surface area contributed by atoms with E-state index in [2.05, 4.69) is 15.5 Å². The van der Waals surface area contributed by atoms with Crippen molar-refractivity contribution >= 4 is 34.0 Å². The Morgan fingerprint density at radius 2 is 2.00 bits per heavy atom. The van der Waals surface area contributed by atoms with Crippen LogP contribution in [0.15, 0.2) is 28.4 Å². The van der Waals surface area contributed by atoms with E-state index in [1.165, 1.54) is 16.7 Å². The van der Waals surface area contributed by atoms with Gasteiger partial charge in [0.1, 0.15) is 0 Å². The van der Waals surface area contributed by atoms with Crippen LogP contribution in [-0.2, 0) is 11.3 Å². The second kappa shape index (κ2) is 9.43. The second-order valence-corrected chi connectivity index (χ2v) is 6.61. The van der Waals surface area contributed by atoms with Crippen LogP contribution in [0.3, 0.4) is 0 Å². The first-order chi connectivity index (χ1) is 12.9. The number of unbranched alkanes of at least 4 members (excludes halogenated alkanes) is 1. The van der Waals surface area contributed by atoms with E-state index >= 15 is 0 Å². The summed E-state index contributed by atoms with van der Waals surface area (Å²) in [6.07, 6.45) is 1.74. The number of nitrogens with one attached hydrogen (secondary N) is 1. The number of rotatable bonds is 7. The third-order valence-electron chi connectivity index (χ3n) is 4.01. The Kier molecular flexibility index (Phi) is 7.26. The van der Waals surface area contributed by atoms with E-state index in [4.69, 9.17) is 17.0 Å². The molecule has 3 N–H and O–H groups in total. The monoisotopic (exact) mass is 392 g/mol. The molecule has 1 aromatic carbocycles. The van der Waals surface area contributed by atoms with Gasteiger partial charge < -0.3 is 20.3 Å². The molecule has 0 saturated heterocycles. The number of thiocarbonyl (C=S) groups is 1. The average Bonchev–Trinajstić information content (AvgIpc) is 2.88. The fraction of sp³-hybridized carbons (Fsp3) is 0.444. The quantitative estimate of drug-likeness (QED) is 0.492. The minimum atomic E-state index is -0.597. The molecular formula is C18H24N4O4S. The summed E-state index contributed by atoms with van der Waals surface area (Å²) in [5.41, 5.74) is 0.238. The van der Waals surface area contributed by atoms with Crippen molar-refractivity contribution in [2.75, 3.05) is 13.7 Å². The van der Waals surface area contributed by atoms with E-state index < -0.39 is 5.91 Å². The largest absolute Gasteiger partial charge is 0.494 e. The predicted molar refractivity (Wildman–Crippen MR) is 106 cm³/mol. The van der Waals surface area contributed by atoms with Crippen molar-refractivity contribution in [3.63, 3.8) is 0 Å². The number of benzene rings is 1. The lowest BCUT2D eigenvalue weighted by Gasteiger charge is -2.10. The first-order valence-corrected chi connectivity index (χ1v) is 9.09. The number of hydrogen-bond donors (Lipinski definition) is 3. The van der Waals surface area contributed by atoms with Crippen LogP contribution in [0, 0.1) is 0 Å². The number of azo groups is 1. The maximum Gasteiger partial charge on any atom is 0.295 e. The highest BCUT2D eigenvalue weighted by molar-refractivity contribution is 7.80. The Bertz CT molecular complexity index is 863. The lowest BCUT2D eigenvalue weighted by Crippen LogP contribution is -2.33. The SMILES string of the molecule is CCCCn1c(O)c2ccc(C(=O)N=NC(=S)N[C@H](C)COC)cc2c1O. The van der Waals surface area contributed by atoms with Crippen molar-refractivity contribution in [3.05, 3.63) is 23.8 Å². The molecule has 146 valence electrons. The smallest absolute Gasteiger partial charge is 0.295 e. The van der Waals surface area contributed by atoms with Crippen molar-refractivity contribution in [1.82, 2.24) is 9.88 Å². The number of carbonyl (C=O) groups excluding carboxylic acids is 1. The van der Waals surface area contributed by atoms with Gasteiger partial charge in [0.25, 0.3) is 5.91 Å². The molecule has 2 rings (SSSR count). The molecule has 0 unspecified atom stereocenters. The summed E-state index contributed by atoms with van der Waals surface area (Å²) in [4.78, 5) is 12.3. The molecule has 8 nitrogen and oxygen atoms in total. The molecule has 0 aliphatic carbocycles. The molecule has 0 saturated carbocycles. The number of fused-ring (bicyclic) bond motifs is 1. The fourth-order valence-electron chi connectivity index (χ4n) is 2.66. The molecule has 0 aliphatic rings. The van der Waals surface area contributed by atoms with E-state index in [1.54, 1.807) is 13.2 Å². The van der Waals surface area contributed by atoms with Crippen LogP contribution in [0.1, 0.15) is 37.0 Å². The summed E-state index contributed by atoms with van der Waals surface area (Å²) in [6, 6.07) is 4.53. The van der Waals surface area contributed by atoms with Gasteiger partial charge in [0, 0.05) is 36.0 Å². The predicted octanol–water partition coefficient (Wildman–Crippen LogP) is 3.35. The Morgan fingerprint density at radius 1 is 1.30 bits per heavy atom. The molecular weight excluding hydrogens is 368 g/mol. The molecule has 1 amide bonds. The lowest BCUT2D eigenvalue weighted by molar-refractivity contribution is 0.0995. The van der Waals surface area contributed by atoms with Crippen LogP contribution >= 0.6 is 12.2 Å². The van der Waals surface area contributed by atoms with Gasteiger partial charge in [-0.3, -0.25) is 9.36 Å². The molecule has 9 heteroatoms. The summed E-state index contributed by atoms with van der Waals surface area (Å²) in [5.74, 6) is -0.692. The topological polar surface area (TPSA) is 108 Å². The van der Waals surface area contributed by atoms with Gasteiger partial charge in [-0.1, -0.05) is 13.3 Å². The van der Waals surface area contributed by atoms with Crippen molar-refractivity contribution < 1.29 is 19.7 Å². The summed E-state index contributed by atoms with van der Waals surface area (Å²) >= 11 is 5.02. The third-order valence-corrected chi connectivity index (χ3v) is 4.21. The zero-order valence-electron chi connectivity index (χ0n) is 15.6. The zero-order valence-corrected chi connectivity index (χ0v) is 16.4. The fourth-order valence-corrected chi connectivity index (χ4v) is 2.90. The van der Waals surface area contributed by atoms with Gasteiger partial charge in [0.2, 0.25) is 16.9 Å². The lowest BCUT2D eigenvalue weighted by atomic mass is 10.1. The van der Waals surface area contributed by atoms with E-state index in [1.807, 2.05) is 13.8 Å². The Labute approximate surface area is 162 Å². The number of methoxy groups -OCH3 is 1. The maximum atomic E-state index is 12.3. The highest BCUT2D eigenvalue weighted by Crippen LogP contribution is 2.37. The van der Waals surface area contributed by atoms with Crippen LogP contribution < -0.4 is 5.32 Å². The number of aromatic hydroxyl groups is 2. The molecule has 1 aromatic heterocycles. The Morgan fingerprint density at radius 3 is 2.67 bits per heavy atom. The molecule has 0 bridgehead atoms. The molecule has 0 fully saturated rings. The zero-order chi connectivity index (χ0) is 20.0. The Hall–Kier alpha value is -2.52. The summed E-state index contributed by atoms with van der Waals surface area (Å²) in [5, 5.41) is 31.8. The number of nitrogens with zero attached hydrogens (tertiary/aromatic N) is 3. The molecule has 1 atom stereocenters. The van der Waals surface area contributed by atoms with Crippen LogP contribution in [0.25, 0.3) is 10.8 Å². The first kappa shape index (κ1) is 20.8. The summed E-state index contributed by atoms with van der Waals surface area (Å²) in [7, 11) is 1.57. The minimum absolute atomic E-state index is 0.0194. The molecule has 0 spiro atoms. The van der Waals surface area contributed by atoms with Crippen LogP contribution in [0.4, 0.5) is 0 Å². The van der Waals surface area contributed by atoms with Gasteiger partial charge in [0.05, 0.1) is 6.61 Å². The molecule has 0 aliphatic heterocycles. The normalized spacial score (nSPS) is 12.6. The molecule has 2 aromatic rings. The van der Waals surface area contributed by atoms with Crippen molar-refractivity contribution in [3.8, 4) is 11.8 Å². The van der Waals surface area contributed by atoms with Crippen molar-refractivity contribution in [2.45, 2.75) is 39.3 Å². The van der Waals surface area contributed by atoms with Gasteiger partial charge in [-0.15, -0.1) is 10.2 Å². The number of amides is 1. The van der Waals surface area contributed by atoms with Gasteiger partial charge in [-0.2, -0.15) is 0 Å². The van der Waals surface area contributed by atoms with Gasteiger partial charge in [-0.25, -0.2) is 0 Å². The van der Waals surface area contributed by atoms with E-state index in [0.29, 0.717) is 23.9 Å². The van der Waals surface area contributed by atoms with Crippen molar-refractivity contribution in [1.29, 1.82) is 0 Å². The summed E-state index contributed by atoms with van der Waals surface area (Å²) < 4.78 is 6.41. The Balaban J connectivity index is 2.18. The van der Waals surface area contributed by atoms with Gasteiger partial charge >= 0.3 is 0 Å². The van der Waals surface area contributed by atoms with Crippen LogP contribution in [0.5, 0.6) is 11.8 Å². The van der Waals surface area contributed by atoms with Crippen LogP contribution in [0.2, 0.25) is 0 Å². The van der Waals surface area contributed by atoms with Crippen LogP contribution in [-0.4, -0.2) is 45.6 Å². The van der Waals surface area contributed by atoms with Gasteiger partial charge in [0.15, 0.2) is 0 Å². The molecule has 1 heterocycles. The standard InChI is InChI=1S/C18H24N4O4S/c1-4-5-8-22-16(24)13-7-6-12(9-14(13)17(22)25)15(23)20-21-18(27)19-11(2)10-26-3/h6-7,9,11,24-25H,4-5,8,10H2,1-3H3,(H,19,27)/t11-/m1/s1. The second-order valence-electron chi connectivity index (χ2n) is 6.22. The van der Waals surface area contributed by atoms with E-state index in [-0.39, 0.29) is 28.5 Å². The summed E-state index contributed by atoms with van der Waals surface area (Å²) in [6.45, 7) is 4.82. The maximum absolute atomic E-state index is 12.3. The van der Waals surface area contributed by atoms with Crippen molar-refractivity contribution in [2.24, 2.45) is 10.2 Å². The number of carbonyl (C=O) groups is 1. The number of aromatic nitrogens is 1. The van der Waals surface area contributed by atoms with E-state index in [0.717, 1.165) is 12.8 Å². The molecule has 0 radical (unpaired) electrons.